The third kappa shape index (κ3) is 4.85. The Morgan fingerprint density at radius 2 is 2.00 bits per heavy atom. The van der Waals surface area contributed by atoms with Crippen LogP contribution < -0.4 is 10.6 Å². The molecule has 1 aromatic rings. The third-order valence-electron chi connectivity index (χ3n) is 5.64. The summed E-state index contributed by atoms with van der Waals surface area (Å²) in [6.07, 6.45) is 0.349. The summed E-state index contributed by atoms with van der Waals surface area (Å²) in [5, 5.41) is 12.7. The van der Waals surface area contributed by atoms with Crippen molar-refractivity contribution in [2.45, 2.75) is 85.1 Å². The van der Waals surface area contributed by atoms with E-state index in [1.165, 1.54) is 0 Å². The van der Waals surface area contributed by atoms with Gasteiger partial charge in [-0.25, -0.2) is 4.79 Å². The minimum absolute atomic E-state index is 0.141. The van der Waals surface area contributed by atoms with Crippen LogP contribution in [0.1, 0.15) is 60.7 Å². The molecule has 0 spiro atoms. The normalized spacial score (nSPS) is 22.8. The van der Waals surface area contributed by atoms with Gasteiger partial charge in [0, 0.05) is 38.0 Å². The fraction of sp³-hybridized carbons (Fsp3) is 0.800. The molecule has 1 fully saturated rings. The molecule has 2 amide bonds. The fourth-order valence-corrected chi connectivity index (χ4v) is 4.07. The van der Waals surface area contributed by atoms with Crippen LogP contribution in [0.2, 0.25) is 0 Å². The first-order chi connectivity index (χ1) is 13.9. The monoisotopic (exact) mass is 441 g/mol. The molecular weight excluding hydrogens is 406 g/mol. The number of carbonyl (C=O) groups excluding carboxylic acids is 2. The summed E-state index contributed by atoms with van der Waals surface area (Å²) in [7, 11) is 0. The topological polar surface area (TPSA) is 110 Å². The van der Waals surface area contributed by atoms with E-state index in [1.54, 1.807) is 20.8 Å². The van der Waals surface area contributed by atoms with E-state index >= 15 is 0 Å². The van der Waals surface area contributed by atoms with Crippen LogP contribution in [0.25, 0.3) is 0 Å². The molecule has 2 rings (SSSR count). The summed E-state index contributed by atoms with van der Waals surface area (Å²) in [6, 6.07) is 0. The number of alkyl carbamates (subject to hydrolysis) is 1. The van der Waals surface area contributed by atoms with E-state index in [0.717, 1.165) is 12.2 Å². The average Bonchev–Trinajstić information content (AvgIpc) is 2.98. The van der Waals surface area contributed by atoms with Crippen LogP contribution >= 0.6 is 12.2 Å². The van der Waals surface area contributed by atoms with Gasteiger partial charge in [-0.05, 0) is 39.9 Å². The van der Waals surface area contributed by atoms with E-state index < -0.39 is 22.6 Å². The van der Waals surface area contributed by atoms with Crippen molar-refractivity contribution < 1.29 is 19.1 Å². The Hall–Kier alpha value is -1.94. The van der Waals surface area contributed by atoms with Gasteiger partial charge in [0.05, 0.1) is 6.10 Å². The molecule has 0 radical (unpaired) electrons. The van der Waals surface area contributed by atoms with E-state index in [-0.39, 0.29) is 12.0 Å². The maximum Gasteiger partial charge on any atom is 0.408 e. The molecule has 3 N–H and O–H groups in total. The SMILES string of the molecule is CCO[C@H]1C[C@](NC(=O)OC(C)(C)C)(C(=O)NCCn2c(CC)n[nH]c2=S)C1(C)C. The molecule has 1 saturated carbocycles. The molecule has 0 aromatic carbocycles. The molecule has 1 aliphatic carbocycles. The number of nitrogens with one attached hydrogen (secondary N) is 3. The highest BCUT2D eigenvalue weighted by Crippen LogP contribution is 2.51. The van der Waals surface area contributed by atoms with Gasteiger partial charge in [0.15, 0.2) is 4.77 Å². The number of carbonyl (C=O) groups is 2. The fourth-order valence-electron chi connectivity index (χ4n) is 3.82. The Kier molecular flexibility index (Phi) is 7.34. The van der Waals surface area contributed by atoms with Crippen LogP contribution in [0.15, 0.2) is 0 Å². The summed E-state index contributed by atoms with van der Waals surface area (Å²) in [5.74, 6) is 0.568. The first kappa shape index (κ1) is 24.3. The average molecular weight is 442 g/mol. The summed E-state index contributed by atoms with van der Waals surface area (Å²) >= 11 is 5.26. The molecule has 1 aliphatic rings. The quantitative estimate of drug-likeness (QED) is 0.535. The van der Waals surface area contributed by atoms with Gasteiger partial charge in [0.2, 0.25) is 5.91 Å². The second-order valence-electron chi connectivity index (χ2n) is 9.11. The molecule has 1 heterocycles. The minimum Gasteiger partial charge on any atom is -0.444 e. The van der Waals surface area contributed by atoms with Crippen molar-refractivity contribution in [3.05, 3.63) is 10.6 Å². The largest absolute Gasteiger partial charge is 0.444 e. The van der Waals surface area contributed by atoms with Crippen LogP contribution in [-0.4, -0.2) is 57.2 Å². The lowest BCUT2D eigenvalue weighted by atomic mass is 9.53. The minimum atomic E-state index is -1.12. The molecule has 0 aliphatic heterocycles. The van der Waals surface area contributed by atoms with Crippen LogP contribution in [0, 0.1) is 10.2 Å². The van der Waals surface area contributed by atoms with Gasteiger partial charge >= 0.3 is 6.09 Å². The van der Waals surface area contributed by atoms with Crippen LogP contribution in [0.3, 0.4) is 0 Å². The van der Waals surface area contributed by atoms with Crippen molar-refractivity contribution in [3.63, 3.8) is 0 Å². The lowest BCUT2D eigenvalue weighted by molar-refractivity contribution is -0.178. The number of hydrogen-bond acceptors (Lipinski definition) is 6. The lowest BCUT2D eigenvalue weighted by Crippen LogP contribution is -2.78. The van der Waals surface area contributed by atoms with Crippen LogP contribution in [0.4, 0.5) is 4.79 Å². The molecule has 2 atom stereocenters. The molecule has 9 nitrogen and oxygen atoms in total. The molecule has 0 unspecified atom stereocenters. The molecular formula is C20H35N5O4S. The van der Waals surface area contributed by atoms with Crippen molar-refractivity contribution in [2.24, 2.45) is 5.41 Å². The number of nitrogens with zero attached hydrogens (tertiary/aromatic N) is 2. The maximum atomic E-state index is 13.3. The van der Waals surface area contributed by atoms with Crippen LogP contribution in [0.5, 0.6) is 0 Å². The van der Waals surface area contributed by atoms with Crippen LogP contribution in [-0.2, 0) is 27.2 Å². The van der Waals surface area contributed by atoms with Crippen molar-refractivity contribution in [1.29, 1.82) is 0 Å². The molecule has 10 heteroatoms. The molecule has 0 saturated heterocycles. The van der Waals surface area contributed by atoms with Gasteiger partial charge in [0.25, 0.3) is 0 Å². The zero-order valence-electron chi connectivity index (χ0n) is 19.0. The van der Waals surface area contributed by atoms with Gasteiger partial charge in [-0.2, -0.15) is 5.10 Å². The Bertz CT molecular complexity index is 826. The predicted octanol–water partition coefficient (Wildman–Crippen LogP) is 2.72. The van der Waals surface area contributed by atoms with E-state index in [2.05, 4.69) is 20.8 Å². The van der Waals surface area contributed by atoms with Crippen molar-refractivity contribution in [1.82, 2.24) is 25.4 Å². The number of aromatic nitrogens is 3. The van der Waals surface area contributed by atoms with Crippen molar-refractivity contribution in [3.8, 4) is 0 Å². The number of rotatable bonds is 8. The second kappa shape index (κ2) is 9.05. The second-order valence-corrected chi connectivity index (χ2v) is 9.49. The molecule has 1 aromatic heterocycles. The highest BCUT2D eigenvalue weighted by Gasteiger charge is 2.66. The van der Waals surface area contributed by atoms with E-state index in [9.17, 15) is 9.59 Å². The van der Waals surface area contributed by atoms with Gasteiger partial charge in [-0.1, -0.05) is 20.8 Å². The molecule has 30 heavy (non-hydrogen) atoms. The predicted molar refractivity (Wildman–Crippen MR) is 116 cm³/mol. The maximum absolute atomic E-state index is 13.3. The van der Waals surface area contributed by atoms with Gasteiger partial charge < -0.3 is 24.7 Å². The highest BCUT2D eigenvalue weighted by molar-refractivity contribution is 7.71. The summed E-state index contributed by atoms with van der Waals surface area (Å²) in [4.78, 5) is 25.8. The van der Waals surface area contributed by atoms with E-state index in [4.69, 9.17) is 21.7 Å². The summed E-state index contributed by atoms with van der Waals surface area (Å²) in [6.45, 7) is 14.5. The standard InChI is InChI=1S/C20H35N5O4S/c1-8-14-23-24-16(30)25(14)11-10-21-15(26)20(22-17(27)29-18(3,4)5)12-13(28-9-2)19(20,6)7/h13H,8-12H2,1-7H3,(H,21,26)(H,22,27)(H,24,30)/t13-,20-/m0/s1. The van der Waals surface area contributed by atoms with Crippen molar-refractivity contribution >= 4 is 24.2 Å². The van der Waals surface area contributed by atoms with Gasteiger partial charge in [-0.3, -0.25) is 9.89 Å². The smallest absolute Gasteiger partial charge is 0.408 e. The number of aromatic amines is 1. The lowest BCUT2D eigenvalue weighted by Gasteiger charge is -2.59. The Morgan fingerprint density at radius 3 is 2.53 bits per heavy atom. The van der Waals surface area contributed by atoms with Gasteiger partial charge in [-0.15, -0.1) is 0 Å². The van der Waals surface area contributed by atoms with Crippen molar-refractivity contribution in [2.75, 3.05) is 13.2 Å². The third-order valence-corrected chi connectivity index (χ3v) is 5.95. The van der Waals surface area contributed by atoms with E-state index in [1.807, 2.05) is 32.3 Å². The zero-order chi connectivity index (χ0) is 22.7. The van der Waals surface area contributed by atoms with Gasteiger partial charge in [0.1, 0.15) is 17.0 Å². The van der Waals surface area contributed by atoms with E-state index in [0.29, 0.717) is 30.9 Å². The number of hydrogen-bond donors (Lipinski definition) is 3. The Morgan fingerprint density at radius 1 is 1.33 bits per heavy atom. The summed E-state index contributed by atoms with van der Waals surface area (Å²) < 4.78 is 13.6. The number of aryl methyl sites for hydroxylation is 1. The Balaban J connectivity index is 2.14. The first-order valence-corrected chi connectivity index (χ1v) is 10.8. The molecule has 170 valence electrons. The number of H-pyrrole nitrogens is 1. The Labute approximate surface area is 183 Å². The zero-order valence-corrected chi connectivity index (χ0v) is 19.9. The summed E-state index contributed by atoms with van der Waals surface area (Å²) in [5.41, 5.74) is -2.39. The highest BCUT2D eigenvalue weighted by atomic mass is 32.1. The first-order valence-electron chi connectivity index (χ1n) is 10.4. The number of amides is 2. The molecule has 0 bridgehead atoms. The number of ether oxygens (including phenoxy) is 2.